The fourth-order valence-corrected chi connectivity index (χ4v) is 2.29. The Kier molecular flexibility index (Phi) is 8.81. The molecule has 0 bridgehead atoms. The third-order valence-electron chi connectivity index (χ3n) is 3.84. The Balaban J connectivity index is 2.56. The molecule has 1 aromatic carbocycles. The van der Waals surface area contributed by atoms with Gasteiger partial charge in [-0.1, -0.05) is 26.0 Å². The van der Waals surface area contributed by atoms with Crippen LogP contribution in [0.4, 0.5) is 4.79 Å². The van der Waals surface area contributed by atoms with Gasteiger partial charge in [0.15, 0.2) is 0 Å². The van der Waals surface area contributed by atoms with Gasteiger partial charge in [0.2, 0.25) is 0 Å². The van der Waals surface area contributed by atoms with Gasteiger partial charge in [-0.25, -0.2) is 4.79 Å². The summed E-state index contributed by atoms with van der Waals surface area (Å²) in [4.78, 5) is 24.0. The number of carboxylic acid groups (broad SMARTS) is 1. The number of nitrogens with zero attached hydrogens (tertiary/aromatic N) is 1. The molecular weight excluding hydrogens is 320 g/mol. The Morgan fingerprint density at radius 2 is 2.04 bits per heavy atom. The van der Waals surface area contributed by atoms with Gasteiger partial charge in [-0.3, -0.25) is 4.79 Å². The second-order valence-electron chi connectivity index (χ2n) is 6.72. The van der Waals surface area contributed by atoms with Crippen molar-refractivity contribution in [3.8, 4) is 5.75 Å². The fourth-order valence-electron chi connectivity index (χ4n) is 2.29. The molecule has 0 radical (unpaired) electrons. The van der Waals surface area contributed by atoms with E-state index in [2.05, 4.69) is 19.2 Å². The quantitative estimate of drug-likeness (QED) is 0.634. The second kappa shape index (κ2) is 10.6. The van der Waals surface area contributed by atoms with E-state index in [1.807, 2.05) is 25.1 Å². The molecule has 0 atom stereocenters. The lowest BCUT2D eigenvalue weighted by Gasteiger charge is -2.18. The van der Waals surface area contributed by atoms with Crippen LogP contribution in [0.15, 0.2) is 18.2 Å². The lowest BCUT2D eigenvalue weighted by Crippen LogP contribution is -2.38. The van der Waals surface area contributed by atoms with Gasteiger partial charge < -0.3 is 20.1 Å². The molecule has 2 amide bonds. The van der Waals surface area contributed by atoms with Crippen LogP contribution in [0.2, 0.25) is 0 Å². The number of carbonyl (C=O) groups is 2. The lowest BCUT2D eigenvalue weighted by atomic mass is 10.1. The number of carboxylic acids is 1. The van der Waals surface area contributed by atoms with Crippen LogP contribution in [0.5, 0.6) is 5.75 Å². The van der Waals surface area contributed by atoms with Crippen molar-refractivity contribution in [2.75, 3.05) is 20.2 Å². The number of amides is 2. The van der Waals surface area contributed by atoms with Crippen LogP contribution in [0.3, 0.4) is 0 Å². The summed E-state index contributed by atoms with van der Waals surface area (Å²) in [5.41, 5.74) is 2.02. The minimum Gasteiger partial charge on any atom is -0.493 e. The number of benzene rings is 1. The summed E-state index contributed by atoms with van der Waals surface area (Å²) in [5, 5.41) is 11.5. The molecule has 6 nitrogen and oxygen atoms in total. The fraction of sp³-hybridized carbons (Fsp3) is 0.579. The van der Waals surface area contributed by atoms with E-state index in [1.165, 1.54) is 4.90 Å². The zero-order chi connectivity index (χ0) is 18.8. The first-order valence-corrected chi connectivity index (χ1v) is 8.72. The molecule has 140 valence electrons. The average Bonchev–Trinajstić information content (AvgIpc) is 2.55. The van der Waals surface area contributed by atoms with Crippen LogP contribution in [-0.2, 0) is 11.3 Å². The van der Waals surface area contributed by atoms with Crippen LogP contribution in [0.25, 0.3) is 0 Å². The predicted molar refractivity (Wildman–Crippen MR) is 97.9 cm³/mol. The lowest BCUT2D eigenvalue weighted by molar-refractivity contribution is -0.137. The van der Waals surface area contributed by atoms with Crippen molar-refractivity contribution in [1.29, 1.82) is 0 Å². The minimum atomic E-state index is -0.921. The van der Waals surface area contributed by atoms with Crippen LogP contribution in [-0.4, -0.2) is 42.2 Å². The molecule has 0 unspecified atom stereocenters. The molecule has 0 spiro atoms. The van der Waals surface area contributed by atoms with E-state index in [4.69, 9.17) is 9.84 Å². The monoisotopic (exact) mass is 350 g/mol. The first kappa shape index (κ1) is 20.8. The van der Waals surface area contributed by atoms with E-state index in [1.54, 1.807) is 7.05 Å². The Morgan fingerprint density at radius 1 is 1.32 bits per heavy atom. The summed E-state index contributed by atoms with van der Waals surface area (Å²) in [6.45, 7) is 7.55. The normalized spacial score (nSPS) is 10.6. The smallest absolute Gasteiger partial charge is 0.317 e. The molecule has 0 aliphatic rings. The van der Waals surface area contributed by atoms with Crippen molar-refractivity contribution in [2.45, 2.75) is 46.6 Å². The van der Waals surface area contributed by atoms with E-state index in [0.717, 1.165) is 29.7 Å². The summed E-state index contributed by atoms with van der Waals surface area (Å²) in [6.07, 6.45) is 2.04. The van der Waals surface area contributed by atoms with Crippen LogP contribution in [0, 0.1) is 12.8 Å². The van der Waals surface area contributed by atoms with Crippen LogP contribution in [0.1, 0.15) is 44.2 Å². The van der Waals surface area contributed by atoms with Crippen molar-refractivity contribution in [1.82, 2.24) is 10.2 Å². The maximum absolute atomic E-state index is 12.0. The van der Waals surface area contributed by atoms with E-state index in [9.17, 15) is 9.59 Å². The first-order valence-electron chi connectivity index (χ1n) is 8.72. The van der Waals surface area contributed by atoms with Crippen molar-refractivity contribution < 1.29 is 19.4 Å². The number of hydrogen-bond acceptors (Lipinski definition) is 3. The summed E-state index contributed by atoms with van der Waals surface area (Å²) in [6, 6.07) is 5.61. The summed E-state index contributed by atoms with van der Waals surface area (Å²) >= 11 is 0. The molecule has 1 aromatic rings. The molecule has 2 N–H and O–H groups in total. The highest BCUT2D eigenvalue weighted by Crippen LogP contribution is 2.21. The van der Waals surface area contributed by atoms with Gasteiger partial charge in [0.25, 0.3) is 0 Å². The Bertz CT molecular complexity index is 573. The molecule has 0 aliphatic carbocycles. The molecule has 0 heterocycles. The Hall–Kier alpha value is -2.24. The predicted octanol–water partition coefficient (Wildman–Crippen LogP) is 3.43. The van der Waals surface area contributed by atoms with Crippen molar-refractivity contribution in [3.63, 3.8) is 0 Å². The molecule has 25 heavy (non-hydrogen) atoms. The minimum absolute atomic E-state index is 0.0708. The van der Waals surface area contributed by atoms with E-state index < -0.39 is 5.97 Å². The number of aliphatic carboxylic acids is 1. The zero-order valence-corrected chi connectivity index (χ0v) is 15.7. The Labute approximate surface area is 150 Å². The second-order valence-corrected chi connectivity index (χ2v) is 6.72. The van der Waals surface area contributed by atoms with Crippen molar-refractivity contribution >= 4 is 12.0 Å². The average molecular weight is 350 g/mol. The van der Waals surface area contributed by atoms with Crippen molar-refractivity contribution in [3.05, 3.63) is 29.3 Å². The summed E-state index contributed by atoms with van der Waals surface area (Å²) in [5.74, 6) is 0.522. The molecule has 0 saturated carbocycles. The third-order valence-corrected chi connectivity index (χ3v) is 3.84. The molecule has 0 aliphatic heterocycles. The standard InChI is InChI=1S/C19H30N2O4/c1-14(2)6-5-11-25-17-12-15(3)7-8-16(17)13-20-19(24)21(4)10-9-18(22)23/h7-8,12,14H,5-6,9-11,13H2,1-4H3,(H,20,24)(H,22,23). The molecule has 0 fully saturated rings. The maximum Gasteiger partial charge on any atom is 0.317 e. The highest BCUT2D eigenvalue weighted by atomic mass is 16.5. The van der Waals surface area contributed by atoms with Crippen LogP contribution >= 0.6 is 0 Å². The number of nitrogens with one attached hydrogen (secondary N) is 1. The molecule has 0 saturated heterocycles. The first-order chi connectivity index (χ1) is 11.8. The third kappa shape index (κ3) is 8.42. The molecule has 6 heteroatoms. The van der Waals surface area contributed by atoms with Gasteiger partial charge in [0, 0.05) is 25.7 Å². The molecular formula is C19H30N2O4. The van der Waals surface area contributed by atoms with E-state index in [0.29, 0.717) is 19.1 Å². The van der Waals surface area contributed by atoms with Crippen LogP contribution < -0.4 is 10.1 Å². The number of carbonyl (C=O) groups excluding carboxylic acids is 1. The van der Waals surface area contributed by atoms with E-state index >= 15 is 0 Å². The highest BCUT2D eigenvalue weighted by molar-refractivity contribution is 5.75. The van der Waals surface area contributed by atoms with Gasteiger partial charge >= 0.3 is 12.0 Å². The number of ether oxygens (including phenoxy) is 1. The van der Waals surface area contributed by atoms with Gasteiger partial charge in [-0.2, -0.15) is 0 Å². The van der Waals surface area contributed by atoms with Crippen molar-refractivity contribution in [2.24, 2.45) is 5.92 Å². The molecule has 0 aromatic heterocycles. The van der Waals surface area contributed by atoms with E-state index in [-0.39, 0.29) is 19.0 Å². The van der Waals surface area contributed by atoms with Gasteiger partial charge in [-0.05, 0) is 37.3 Å². The largest absolute Gasteiger partial charge is 0.493 e. The SMILES string of the molecule is Cc1ccc(CNC(=O)N(C)CCC(=O)O)c(OCCCC(C)C)c1. The molecule has 1 rings (SSSR count). The number of aryl methyl sites for hydroxylation is 1. The van der Waals surface area contributed by atoms with Gasteiger partial charge in [0.05, 0.1) is 13.0 Å². The summed E-state index contributed by atoms with van der Waals surface area (Å²) in [7, 11) is 1.58. The Morgan fingerprint density at radius 3 is 2.68 bits per heavy atom. The highest BCUT2D eigenvalue weighted by Gasteiger charge is 2.11. The number of hydrogen-bond donors (Lipinski definition) is 2. The van der Waals surface area contributed by atoms with Gasteiger partial charge in [0.1, 0.15) is 5.75 Å². The number of urea groups is 1. The maximum atomic E-state index is 12.0. The zero-order valence-electron chi connectivity index (χ0n) is 15.7. The topological polar surface area (TPSA) is 78.9 Å². The number of rotatable bonds is 10. The summed E-state index contributed by atoms with van der Waals surface area (Å²) < 4.78 is 5.90. The van der Waals surface area contributed by atoms with Gasteiger partial charge in [-0.15, -0.1) is 0 Å².